The topological polar surface area (TPSA) is 52.6 Å². The Morgan fingerprint density at radius 2 is 0.636 bits per heavy atom. The van der Waals surface area contributed by atoms with Crippen molar-refractivity contribution in [3.63, 3.8) is 0 Å². The average Bonchev–Trinajstić information content (AvgIpc) is 2.81. The zero-order valence-electron chi connectivity index (χ0n) is 22.3. The lowest BCUT2D eigenvalue weighted by molar-refractivity contribution is -0.152. The molecule has 33 heavy (non-hydrogen) atoms. The molecule has 0 saturated carbocycles. The Morgan fingerprint density at radius 3 is 0.909 bits per heavy atom. The normalized spacial score (nSPS) is 11.0. The molecule has 0 rings (SSSR count). The summed E-state index contributed by atoms with van der Waals surface area (Å²) < 4.78 is 10.3. The van der Waals surface area contributed by atoms with E-state index >= 15 is 0 Å². The number of esters is 2. The summed E-state index contributed by atoms with van der Waals surface area (Å²) >= 11 is 0. The fourth-order valence-electron chi connectivity index (χ4n) is 4.15. The summed E-state index contributed by atoms with van der Waals surface area (Å²) in [6.45, 7) is 4.87. The second-order valence-corrected chi connectivity index (χ2v) is 9.66. The second kappa shape index (κ2) is 27.2. The van der Waals surface area contributed by atoms with E-state index in [1.807, 2.05) is 0 Å². The fourth-order valence-corrected chi connectivity index (χ4v) is 4.15. The van der Waals surface area contributed by atoms with E-state index in [2.05, 4.69) is 13.8 Å². The fraction of sp³-hybridized carbons (Fsp3) is 0.931. The number of carbonyl (C=O) groups excluding carboxylic acids is 2. The Labute approximate surface area is 206 Å². The van der Waals surface area contributed by atoms with Gasteiger partial charge in [-0.3, -0.25) is 9.59 Å². The molecule has 4 heteroatoms. The lowest BCUT2D eigenvalue weighted by Gasteiger charge is -2.07. The predicted molar refractivity (Wildman–Crippen MR) is 139 cm³/mol. The van der Waals surface area contributed by atoms with Crippen molar-refractivity contribution in [3.8, 4) is 0 Å². The van der Waals surface area contributed by atoms with Crippen LogP contribution >= 0.6 is 0 Å². The zero-order chi connectivity index (χ0) is 24.2. The zero-order valence-corrected chi connectivity index (χ0v) is 22.3. The van der Waals surface area contributed by atoms with Crippen LogP contribution in [0.3, 0.4) is 0 Å². The molecule has 0 aliphatic rings. The van der Waals surface area contributed by atoms with Gasteiger partial charge in [-0.1, -0.05) is 136 Å². The summed E-state index contributed by atoms with van der Waals surface area (Å²) in [4.78, 5) is 23.5. The standard InChI is InChI=1S/C29H56O4/c1-3-5-7-9-11-13-15-17-19-21-23-25-29(31)33-27-26-32-28(30)24-22-20-18-16-14-12-10-8-6-4-2/h3-27H2,1-2H3. The van der Waals surface area contributed by atoms with E-state index in [-0.39, 0.29) is 25.2 Å². The lowest BCUT2D eigenvalue weighted by Crippen LogP contribution is -2.13. The van der Waals surface area contributed by atoms with Crippen molar-refractivity contribution in [3.05, 3.63) is 0 Å². The Hall–Kier alpha value is -1.06. The SMILES string of the molecule is CCCCCCCCCCCCCC(=O)OCCOC(=O)CCCCCCCCCCCC. The molecule has 0 N–H and O–H groups in total. The maximum Gasteiger partial charge on any atom is 0.305 e. The van der Waals surface area contributed by atoms with Gasteiger partial charge in [-0.25, -0.2) is 0 Å². The van der Waals surface area contributed by atoms with Crippen LogP contribution in [0.2, 0.25) is 0 Å². The Bertz CT molecular complexity index is 422. The summed E-state index contributed by atoms with van der Waals surface area (Å²) in [7, 11) is 0. The van der Waals surface area contributed by atoms with Gasteiger partial charge in [-0.15, -0.1) is 0 Å². The molecule has 0 unspecified atom stereocenters. The maximum absolute atomic E-state index is 11.8. The molecule has 0 aliphatic heterocycles. The second-order valence-electron chi connectivity index (χ2n) is 9.66. The van der Waals surface area contributed by atoms with Crippen LogP contribution in [0.4, 0.5) is 0 Å². The van der Waals surface area contributed by atoms with Crippen molar-refractivity contribution < 1.29 is 19.1 Å². The molecule has 196 valence electrons. The molecule has 0 fully saturated rings. The quantitative estimate of drug-likeness (QED) is 0.0938. The van der Waals surface area contributed by atoms with Gasteiger partial charge in [0.15, 0.2) is 0 Å². The van der Waals surface area contributed by atoms with Crippen LogP contribution in [0.5, 0.6) is 0 Å². The summed E-state index contributed by atoms with van der Waals surface area (Å²) in [5.41, 5.74) is 0. The largest absolute Gasteiger partial charge is 0.462 e. The number of rotatable bonds is 26. The minimum absolute atomic E-state index is 0.170. The molecule has 0 amide bonds. The van der Waals surface area contributed by atoms with E-state index in [9.17, 15) is 9.59 Å². The molecule has 0 heterocycles. The van der Waals surface area contributed by atoms with Crippen molar-refractivity contribution in [2.24, 2.45) is 0 Å². The number of unbranched alkanes of at least 4 members (excludes halogenated alkanes) is 19. The summed E-state index contributed by atoms with van der Waals surface area (Å²) in [6.07, 6.45) is 27.5. The summed E-state index contributed by atoms with van der Waals surface area (Å²) in [5, 5.41) is 0. The summed E-state index contributed by atoms with van der Waals surface area (Å²) in [5.74, 6) is -0.340. The first-order valence-corrected chi connectivity index (χ1v) is 14.5. The third-order valence-corrected chi connectivity index (χ3v) is 6.33. The lowest BCUT2D eigenvalue weighted by atomic mass is 10.1. The molecule has 0 spiro atoms. The number of ether oxygens (including phenoxy) is 2. The molecule has 0 radical (unpaired) electrons. The molecule has 0 aliphatic carbocycles. The Kier molecular flexibility index (Phi) is 26.3. The maximum atomic E-state index is 11.8. The van der Waals surface area contributed by atoms with Crippen molar-refractivity contribution >= 4 is 11.9 Å². The predicted octanol–water partition coefficient (Wildman–Crippen LogP) is 9.08. The van der Waals surface area contributed by atoms with Crippen LogP contribution in [0.15, 0.2) is 0 Å². The number of hydrogen-bond donors (Lipinski definition) is 0. The van der Waals surface area contributed by atoms with Gasteiger partial charge >= 0.3 is 11.9 Å². The van der Waals surface area contributed by atoms with E-state index in [0.717, 1.165) is 25.7 Å². The van der Waals surface area contributed by atoms with Gasteiger partial charge in [0.05, 0.1) is 0 Å². The van der Waals surface area contributed by atoms with Gasteiger partial charge in [-0.2, -0.15) is 0 Å². The molecule has 0 aromatic carbocycles. The van der Waals surface area contributed by atoms with E-state index in [1.54, 1.807) is 0 Å². The monoisotopic (exact) mass is 468 g/mol. The summed E-state index contributed by atoms with van der Waals surface area (Å²) in [6, 6.07) is 0. The number of hydrogen-bond acceptors (Lipinski definition) is 4. The van der Waals surface area contributed by atoms with Crippen LogP contribution in [-0.4, -0.2) is 25.2 Å². The van der Waals surface area contributed by atoms with Crippen LogP contribution in [0, 0.1) is 0 Å². The molecule has 0 atom stereocenters. The van der Waals surface area contributed by atoms with Gasteiger partial charge in [0.25, 0.3) is 0 Å². The van der Waals surface area contributed by atoms with E-state index in [4.69, 9.17) is 9.47 Å². The van der Waals surface area contributed by atoms with Crippen molar-refractivity contribution in [1.29, 1.82) is 0 Å². The third-order valence-electron chi connectivity index (χ3n) is 6.33. The van der Waals surface area contributed by atoms with Crippen molar-refractivity contribution in [2.75, 3.05) is 13.2 Å². The molecule has 0 bridgehead atoms. The van der Waals surface area contributed by atoms with Gasteiger partial charge in [0.2, 0.25) is 0 Å². The van der Waals surface area contributed by atoms with E-state index in [0.29, 0.717) is 12.8 Å². The Morgan fingerprint density at radius 1 is 0.394 bits per heavy atom. The molecular weight excluding hydrogens is 412 g/mol. The van der Waals surface area contributed by atoms with Gasteiger partial charge < -0.3 is 9.47 Å². The smallest absolute Gasteiger partial charge is 0.305 e. The highest BCUT2D eigenvalue weighted by Gasteiger charge is 2.05. The van der Waals surface area contributed by atoms with Crippen LogP contribution in [0.1, 0.15) is 162 Å². The highest BCUT2D eigenvalue weighted by molar-refractivity contribution is 5.70. The van der Waals surface area contributed by atoms with Crippen LogP contribution in [-0.2, 0) is 19.1 Å². The van der Waals surface area contributed by atoms with E-state index in [1.165, 1.54) is 109 Å². The number of carbonyl (C=O) groups is 2. The highest BCUT2D eigenvalue weighted by Crippen LogP contribution is 2.13. The molecule has 0 aromatic heterocycles. The van der Waals surface area contributed by atoms with Crippen molar-refractivity contribution in [2.45, 2.75) is 162 Å². The molecular formula is C29H56O4. The van der Waals surface area contributed by atoms with Crippen LogP contribution in [0.25, 0.3) is 0 Å². The first-order valence-electron chi connectivity index (χ1n) is 14.5. The van der Waals surface area contributed by atoms with Crippen LogP contribution < -0.4 is 0 Å². The first kappa shape index (κ1) is 31.9. The molecule has 0 aromatic rings. The third kappa shape index (κ3) is 27.1. The Balaban J connectivity index is 3.28. The highest BCUT2D eigenvalue weighted by atomic mass is 16.6. The van der Waals surface area contributed by atoms with Crippen molar-refractivity contribution in [1.82, 2.24) is 0 Å². The van der Waals surface area contributed by atoms with Gasteiger partial charge in [0.1, 0.15) is 13.2 Å². The minimum Gasteiger partial charge on any atom is -0.462 e. The van der Waals surface area contributed by atoms with E-state index < -0.39 is 0 Å². The molecule has 0 saturated heterocycles. The van der Waals surface area contributed by atoms with Gasteiger partial charge in [-0.05, 0) is 12.8 Å². The minimum atomic E-state index is -0.170. The first-order chi connectivity index (χ1) is 16.2. The average molecular weight is 469 g/mol. The van der Waals surface area contributed by atoms with Gasteiger partial charge in [0, 0.05) is 12.8 Å². The molecule has 4 nitrogen and oxygen atoms in total.